The molecule has 1 aromatic carbocycles. The minimum atomic E-state index is -0.678. The SMILES string of the molecule is C[C@@H](NC(=O)COC(=O)c1c(Cl)cccc1Cl)C12CC3CC(CC(C3)C1)C2. The highest BCUT2D eigenvalue weighted by molar-refractivity contribution is 6.39. The summed E-state index contributed by atoms with van der Waals surface area (Å²) < 4.78 is 5.15. The van der Waals surface area contributed by atoms with Gasteiger partial charge >= 0.3 is 5.97 Å². The van der Waals surface area contributed by atoms with Gasteiger partial charge in [0.05, 0.1) is 15.6 Å². The van der Waals surface area contributed by atoms with Crippen LogP contribution in [0.25, 0.3) is 0 Å². The zero-order valence-corrected chi connectivity index (χ0v) is 17.0. The molecule has 4 fully saturated rings. The number of ether oxygens (including phenoxy) is 1. The van der Waals surface area contributed by atoms with Crippen LogP contribution in [0.3, 0.4) is 0 Å². The van der Waals surface area contributed by atoms with Gasteiger partial charge in [-0.2, -0.15) is 0 Å². The van der Waals surface area contributed by atoms with Crippen molar-refractivity contribution in [1.82, 2.24) is 5.32 Å². The molecule has 0 aliphatic heterocycles. The molecule has 4 bridgehead atoms. The maximum absolute atomic E-state index is 12.4. The number of hydrogen-bond donors (Lipinski definition) is 1. The van der Waals surface area contributed by atoms with E-state index in [1.165, 1.54) is 38.5 Å². The summed E-state index contributed by atoms with van der Waals surface area (Å²) in [6.45, 7) is 1.79. The van der Waals surface area contributed by atoms with Crippen LogP contribution >= 0.6 is 23.2 Å². The number of esters is 1. The average molecular weight is 410 g/mol. The van der Waals surface area contributed by atoms with Crippen molar-refractivity contribution in [3.05, 3.63) is 33.8 Å². The lowest BCUT2D eigenvalue weighted by atomic mass is 9.48. The molecule has 0 spiro atoms. The molecule has 1 atom stereocenters. The van der Waals surface area contributed by atoms with Crippen LogP contribution in [0.2, 0.25) is 10.0 Å². The second-order valence-electron chi connectivity index (χ2n) is 8.74. The minimum absolute atomic E-state index is 0.0982. The lowest BCUT2D eigenvalue weighted by Crippen LogP contribution is -2.56. The first kappa shape index (κ1) is 19.1. The van der Waals surface area contributed by atoms with E-state index in [0.29, 0.717) is 0 Å². The van der Waals surface area contributed by atoms with E-state index in [0.717, 1.165) is 17.8 Å². The fourth-order valence-electron chi connectivity index (χ4n) is 6.04. The Morgan fingerprint density at radius 1 is 1.11 bits per heavy atom. The summed E-state index contributed by atoms with van der Waals surface area (Å²) in [5.41, 5.74) is 0.322. The van der Waals surface area contributed by atoms with Crippen molar-refractivity contribution in [1.29, 1.82) is 0 Å². The van der Waals surface area contributed by atoms with Crippen molar-refractivity contribution < 1.29 is 14.3 Å². The molecule has 1 N–H and O–H groups in total. The van der Waals surface area contributed by atoms with Gasteiger partial charge in [0.25, 0.3) is 5.91 Å². The molecule has 4 aliphatic carbocycles. The molecule has 27 heavy (non-hydrogen) atoms. The van der Waals surface area contributed by atoms with Gasteiger partial charge in [0, 0.05) is 6.04 Å². The molecule has 146 valence electrons. The third kappa shape index (κ3) is 3.71. The van der Waals surface area contributed by atoms with Gasteiger partial charge in [-0.05, 0) is 80.8 Å². The average Bonchev–Trinajstić information content (AvgIpc) is 2.58. The van der Waals surface area contributed by atoms with Crippen LogP contribution in [0.15, 0.2) is 18.2 Å². The molecule has 5 rings (SSSR count). The molecular formula is C21H25Cl2NO3. The van der Waals surface area contributed by atoms with E-state index in [-0.39, 0.29) is 39.6 Å². The van der Waals surface area contributed by atoms with Crippen molar-refractivity contribution in [2.45, 2.75) is 51.5 Å². The van der Waals surface area contributed by atoms with Gasteiger partial charge in [0.2, 0.25) is 0 Å². The Morgan fingerprint density at radius 2 is 1.63 bits per heavy atom. The number of halogens is 2. The van der Waals surface area contributed by atoms with Gasteiger partial charge in [0.1, 0.15) is 0 Å². The van der Waals surface area contributed by atoms with Crippen molar-refractivity contribution >= 4 is 35.1 Å². The molecule has 4 aliphatic rings. The van der Waals surface area contributed by atoms with Gasteiger partial charge < -0.3 is 10.1 Å². The van der Waals surface area contributed by atoms with Gasteiger partial charge in [-0.1, -0.05) is 29.3 Å². The molecule has 1 aromatic rings. The second-order valence-corrected chi connectivity index (χ2v) is 9.56. The molecule has 0 saturated heterocycles. The van der Waals surface area contributed by atoms with Crippen LogP contribution in [0, 0.1) is 23.2 Å². The Morgan fingerprint density at radius 3 is 2.15 bits per heavy atom. The summed E-state index contributed by atoms with van der Waals surface area (Å²) in [6.07, 6.45) is 7.77. The molecule has 4 nitrogen and oxygen atoms in total. The minimum Gasteiger partial charge on any atom is -0.452 e. The number of benzene rings is 1. The van der Waals surface area contributed by atoms with E-state index in [4.69, 9.17) is 27.9 Å². The Kier molecular flexibility index (Phi) is 5.15. The molecule has 0 unspecified atom stereocenters. The van der Waals surface area contributed by atoms with Gasteiger partial charge in [0.15, 0.2) is 6.61 Å². The topological polar surface area (TPSA) is 55.4 Å². The molecule has 1 amide bonds. The predicted molar refractivity (Wildman–Crippen MR) is 105 cm³/mol. The van der Waals surface area contributed by atoms with Crippen LogP contribution in [0.4, 0.5) is 0 Å². The number of amides is 1. The molecule has 0 radical (unpaired) electrons. The quantitative estimate of drug-likeness (QED) is 0.705. The lowest BCUT2D eigenvalue weighted by Gasteiger charge is -2.59. The van der Waals surface area contributed by atoms with Gasteiger partial charge in [-0.25, -0.2) is 4.79 Å². The highest BCUT2D eigenvalue weighted by Crippen LogP contribution is 2.61. The summed E-state index contributed by atoms with van der Waals surface area (Å²) in [5, 5.41) is 3.53. The standard InChI is InChI=1S/C21H25Cl2NO3/c1-12(21-8-13-5-14(9-21)7-15(6-13)10-21)24-18(25)11-27-20(26)19-16(22)3-2-4-17(19)23/h2-4,12-15H,5-11H2,1H3,(H,24,25)/t12-,13?,14?,15?,21?/m1/s1. The molecule has 4 saturated carbocycles. The molecule has 0 heterocycles. The Hall–Kier alpha value is -1.26. The summed E-state index contributed by atoms with van der Waals surface area (Å²) in [6, 6.07) is 4.89. The van der Waals surface area contributed by atoms with Crippen LogP contribution in [-0.2, 0) is 9.53 Å². The molecule has 6 heteroatoms. The predicted octanol–water partition coefficient (Wildman–Crippen LogP) is 4.87. The van der Waals surface area contributed by atoms with E-state index in [9.17, 15) is 9.59 Å². The summed E-state index contributed by atoms with van der Waals surface area (Å²) >= 11 is 12.0. The Balaban J connectivity index is 1.34. The van der Waals surface area contributed by atoms with Crippen molar-refractivity contribution in [3.63, 3.8) is 0 Å². The highest BCUT2D eigenvalue weighted by Gasteiger charge is 2.53. The number of nitrogens with one attached hydrogen (secondary N) is 1. The van der Waals surface area contributed by atoms with Crippen LogP contribution in [0.5, 0.6) is 0 Å². The second kappa shape index (κ2) is 7.29. The smallest absolute Gasteiger partial charge is 0.341 e. The maximum atomic E-state index is 12.4. The highest BCUT2D eigenvalue weighted by atomic mass is 35.5. The zero-order valence-electron chi connectivity index (χ0n) is 15.5. The van der Waals surface area contributed by atoms with Crippen LogP contribution < -0.4 is 5.32 Å². The normalized spacial score (nSPS) is 32.2. The zero-order chi connectivity index (χ0) is 19.2. The fourth-order valence-corrected chi connectivity index (χ4v) is 6.59. The Bertz CT molecular complexity index is 708. The van der Waals surface area contributed by atoms with Crippen LogP contribution in [0.1, 0.15) is 55.8 Å². The summed E-state index contributed by atoms with van der Waals surface area (Å²) in [5.74, 6) is 1.54. The van der Waals surface area contributed by atoms with Crippen molar-refractivity contribution in [2.75, 3.05) is 6.61 Å². The largest absolute Gasteiger partial charge is 0.452 e. The first-order valence-electron chi connectivity index (χ1n) is 9.77. The number of carbonyl (C=O) groups is 2. The van der Waals surface area contributed by atoms with E-state index in [1.54, 1.807) is 18.2 Å². The molecular weight excluding hydrogens is 385 g/mol. The maximum Gasteiger partial charge on any atom is 0.341 e. The van der Waals surface area contributed by atoms with E-state index < -0.39 is 5.97 Å². The first-order valence-corrected chi connectivity index (χ1v) is 10.5. The number of carbonyl (C=O) groups excluding carboxylic acids is 2. The van der Waals surface area contributed by atoms with Gasteiger partial charge in [-0.3, -0.25) is 4.79 Å². The van der Waals surface area contributed by atoms with Crippen molar-refractivity contribution in [2.24, 2.45) is 23.2 Å². The summed E-state index contributed by atoms with van der Waals surface area (Å²) in [4.78, 5) is 24.6. The molecule has 0 aromatic heterocycles. The number of rotatable bonds is 5. The van der Waals surface area contributed by atoms with E-state index in [2.05, 4.69) is 12.2 Å². The monoisotopic (exact) mass is 409 g/mol. The van der Waals surface area contributed by atoms with E-state index >= 15 is 0 Å². The third-order valence-corrected chi connectivity index (χ3v) is 7.51. The lowest BCUT2D eigenvalue weighted by molar-refractivity contribution is -0.128. The number of hydrogen-bond acceptors (Lipinski definition) is 3. The van der Waals surface area contributed by atoms with Crippen LogP contribution in [-0.4, -0.2) is 24.5 Å². The Labute approximate surface area is 169 Å². The fraction of sp³-hybridized carbons (Fsp3) is 0.619. The third-order valence-electron chi connectivity index (χ3n) is 6.88. The summed E-state index contributed by atoms with van der Waals surface area (Å²) in [7, 11) is 0. The first-order chi connectivity index (χ1) is 12.9. The van der Waals surface area contributed by atoms with Gasteiger partial charge in [-0.15, -0.1) is 0 Å². The van der Waals surface area contributed by atoms with Crippen molar-refractivity contribution in [3.8, 4) is 0 Å². The van der Waals surface area contributed by atoms with E-state index in [1.807, 2.05) is 0 Å².